The molecule has 0 aromatic carbocycles. The van der Waals surface area contributed by atoms with Gasteiger partial charge in [0.25, 0.3) is 0 Å². The molecule has 0 aliphatic heterocycles. The average Bonchev–Trinajstić information content (AvgIpc) is 2.33. The van der Waals surface area contributed by atoms with Crippen LogP contribution in [0, 0.1) is 5.92 Å². The first-order valence-corrected chi connectivity index (χ1v) is 6.89. The van der Waals surface area contributed by atoms with Crippen LogP contribution in [-0.2, 0) is 6.54 Å². The Morgan fingerprint density at radius 1 is 1.28 bits per heavy atom. The van der Waals surface area contributed by atoms with Crippen molar-refractivity contribution in [1.29, 1.82) is 0 Å². The molecule has 0 aliphatic carbocycles. The van der Waals surface area contributed by atoms with Gasteiger partial charge in [-0.1, -0.05) is 33.8 Å². The number of hydrogen-bond acceptors (Lipinski definition) is 3. The second kappa shape index (κ2) is 7.37. The third-order valence-corrected chi connectivity index (χ3v) is 2.97. The zero-order chi connectivity index (χ0) is 13.5. The van der Waals surface area contributed by atoms with E-state index in [-0.39, 0.29) is 0 Å². The van der Waals surface area contributed by atoms with Gasteiger partial charge in [0.1, 0.15) is 5.82 Å². The van der Waals surface area contributed by atoms with Gasteiger partial charge in [-0.15, -0.1) is 0 Å². The summed E-state index contributed by atoms with van der Waals surface area (Å²) in [4.78, 5) is 6.78. The molecule has 3 heteroatoms. The van der Waals surface area contributed by atoms with Crippen molar-refractivity contribution in [2.45, 2.75) is 46.7 Å². The van der Waals surface area contributed by atoms with Gasteiger partial charge in [0, 0.05) is 37.9 Å². The van der Waals surface area contributed by atoms with Crippen LogP contribution < -0.4 is 10.2 Å². The maximum absolute atomic E-state index is 4.52. The minimum Gasteiger partial charge on any atom is -0.359 e. The molecule has 18 heavy (non-hydrogen) atoms. The first-order chi connectivity index (χ1) is 8.50. The van der Waals surface area contributed by atoms with Crippen LogP contribution >= 0.6 is 0 Å². The molecule has 0 unspecified atom stereocenters. The maximum atomic E-state index is 4.52. The molecule has 0 spiro atoms. The van der Waals surface area contributed by atoms with Crippen molar-refractivity contribution in [2.75, 3.05) is 18.5 Å². The minimum atomic E-state index is 0.499. The zero-order valence-corrected chi connectivity index (χ0v) is 12.4. The van der Waals surface area contributed by atoms with E-state index in [9.17, 15) is 0 Å². The Labute approximate surface area is 112 Å². The van der Waals surface area contributed by atoms with Gasteiger partial charge in [0.2, 0.25) is 0 Å². The Bertz CT molecular complexity index is 347. The summed E-state index contributed by atoms with van der Waals surface area (Å²) in [6.45, 7) is 10.8. The highest BCUT2D eigenvalue weighted by Crippen LogP contribution is 2.16. The van der Waals surface area contributed by atoms with Crippen LogP contribution in [0.2, 0.25) is 0 Å². The number of aromatic nitrogens is 1. The van der Waals surface area contributed by atoms with E-state index in [0.29, 0.717) is 6.04 Å². The number of nitrogens with zero attached hydrogens (tertiary/aromatic N) is 2. The standard InChI is InChI=1S/C15H27N3/c1-12(2)8-10-18(5)15-14(7-6-9-16-15)11-17-13(3)4/h6-7,9,12-13,17H,8,10-11H2,1-5H3. The van der Waals surface area contributed by atoms with Crippen LogP contribution in [0.25, 0.3) is 0 Å². The van der Waals surface area contributed by atoms with Crippen molar-refractivity contribution in [3.05, 3.63) is 23.9 Å². The van der Waals surface area contributed by atoms with Gasteiger partial charge in [-0.2, -0.15) is 0 Å². The lowest BCUT2D eigenvalue weighted by atomic mass is 10.1. The molecule has 0 saturated carbocycles. The Hall–Kier alpha value is -1.09. The van der Waals surface area contributed by atoms with Crippen LogP contribution in [0.4, 0.5) is 5.82 Å². The first kappa shape index (κ1) is 15.0. The maximum Gasteiger partial charge on any atom is 0.132 e. The average molecular weight is 249 g/mol. The number of rotatable bonds is 7. The smallest absolute Gasteiger partial charge is 0.132 e. The second-order valence-corrected chi connectivity index (χ2v) is 5.63. The minimum absolute atomic E-state index is 0.499. The highest BCUT2D eigenvalue weighted by Gasteiger charge is 2.09. The fourth-order valence-corrected chi connectivity index (χ4v) is 1.78. The molecule has 0 radical (unpaired) electrons. The summed E-state index contributed by atoms with van der Waals surface area (Å²) in [6.07, 6.45) is 3.07. The topological polar surface area (TPSA) is 28.2 Å². The molecule has 0 fully saturated rings. The number of nitrogens with one attached hydrogen (secondary N) is 1. The molecule has 0 saturated heterocycles. The van der Waals surface area contributed by atoms with Crippen molar-refractivity contribution >= 4 is 5.82 Å². The molecule has 0 atom stereocenters. The Kier molecular flexibility index (Phi) is 6.13. The molecule has 0 bridgehead atoms. The molecule has 1 N–H and O–H groups in total. The SMILES string of the molecule is CC(C)CCN(C)c1ncccc1CNC(C)C. The predicted octanol–water partition coefficient (Wildman–Crippen LogP) is 3.06. The van der Waals surface area contributed by atoms with Crippen molar-refractivity contribution in [2.24, 2.45) is 5.92 Å². The van der Waals surface area contributed by atoms with Gasteiger partial charge < -0.3 is 10.2 Å². The van der Waals surface area contributed by atoms with Crippen molar-refractivity contribution in [1.82, 2.24) is 10.3 Å². The molecule has 0 amide bonds. The Balaban J connectivity index is 2.68. The number of anilines is 1. The van der Waals surface area contributed by atoms with Crippen LogP contribution in [0.3, 0.4) is 0 Å². The monoisotopic (exact) mass is 249 g/mol. The largest absolute Gasteiger partial charge is 0.359 e. The lowest BCUT2D eigenvalue weighted by molar-refractivity contribution is 0.575. The normalized spacial score (nSPS) is 11.3. The van der Waals surface area contributed by atoms with Gasteiger partial charge in [-0.3, -0.25) is 0 Å². The summed E-state index contributed by atoms with van der Waals surface area (Å²) in [6, 6.07) is 4.67. The van der Waals surface area contributed by atoms with E-state index < -0.39 is 0 Å². The van der Waals surface area contributed by atoms with E-state index in [0.717, 1.165) is 24.8 Å². The quantitative estimate of drug-likeness (QED) is 0.805. The molecule has 1 heterocycles. The summed E-state index contributed by atoms with van der Waals surface area (Å²) < 4.78 is 0. The van der Waals surface area contributed by atoms with Crippen LogP contribution in [0.1, 0.15) is 39.7 Å². The summed E-state index contributed by atoms with van der Waals surface area (Å²) in [7, 11) is 2.13. The Morgan fingerprint density at radius 2 is 2.00 bits per heavy atom. The third kappa shape index (κ3) is 5.05. The molecule has 3 nitrogen and oxygen atoms in total. The van der Waals surface area contributed by atoms with E-state index in [1.54, 1.807) is 0 Å². The van der Waals surface area contributed by atoms with Crippen molar-refractivity contribution in [3.63, 3.8) is 0 Å². The fourth-order valence-electron chi connectivity index (χ4n) is 1.78. The molecular formula is C15H27N3. The van der Waals surface area contributed by atoms with E-state index in [2.05, 4.69) is 56.0 Å². The molecule has 0 aliphatic rings. The van der Waals surface area contributed by atoms with Crippen LogP contribution in [0.15, 0.2) is 18.3 Å². The highest BCUT2D eigenvalue weighted by molar-refractivity contribution is 5.45. The van der Waals surface area contributed by atoms with Crippen molar-refractivity contribution < 1.29 is 0 Å². The second-order valence-electron chi connectivity index (χ2n) is 5.63. The van der Waals surface area contributed by atoms with Gasteiger partial charge in [0.05, 0.1) is 0 Å². The van der Waals surface area contributed by atoms with Gasteiger partial charge in [-0.25, -0.2) is 4.98 Å². The van der Waals surface area contributed by atoms with Crippen molar-refractivity contribution in [3.8, 4) is 0 Å². The zero-order valence-electron chi connectivity index (χ0n) is 12.4. The van der Waals surface area contributed by atoms with Gasteiger partial charge >= 0.3 is 0 Å². The molecule has 102 valence electrons. The number of pyridine rings is 1. The first-order valence-electron chi connectivity index (χ1n) is 6.89. The fraction of sp³-hybridized carbons (Fsp3) is 0.667. The molecule has 1 aromatic heterocycles. The lowest BCUT2D eigenvalue weighted by Gasteiger charge is -2.22. The summed E-state index contributed by atoms with van der Waals surface area (Å²) in [5.74, 6) is 1.83. The highest BCUT2D eigenvalue weighted by atomic mass is 15.2. The van der Waals surface area contributed by atoms with E-state index in [4.69, 9.17) is 0 Å². The van der Waals surface area contributed by atoms with E-state index in [1.807, 2.05) is 12.3 Å². The Morgan fingerprint density at radius 3 is 2.61 bits per heavy atom. The summed E-state index contributed by atoms with van der Waals surface area (Å²) in [5.41, 5.74) is 1.28. The van der Waals surface area contributed by atoms with E-state index in [1.165, 1.54) is 12.0 Å². The summed E-state index contributed by atoms with van der Waals surface area (Å²) in [5, 5.41) is 3.46. The third-order valence-electron chi connectivity index (χ3n) is 2.97. The number of hydrogen-bond donors (Lipinski definition) is 1. The molecule has 1 aromatic rings. The van der Waals surface area contributed by atoms with Crippen LogP contribution in [0.5, 0.6) is 0 Å². The van der Waals surface area contributed by atoms with Gasteiger partial charge in [0.15, 0.2) is 0 Å². The summed E-state index contributed by atoms with van der Waals surface area (Å²) >= 11 is 0. The van der Waals surface area contributed by atoms with Gasteiger partial charge in [-0.05, 0) is 18.4 Å². The molecular weight excluding hydrogens is 222 g/mol. The predicted molar refractivity (Wildman–Crippen MR) is 78.9 cm³/mol. The van der Waals surface area contributed by atoms with E-state index >= 15 is 0 Å². The molecule has 1 rings (SSSR count). The van der Waals surface area contributed by atoms with Crippen LogP contribution in [-0.4, -0.2) is 24.6 Å². The lowest BCUT2D eigenvalue weighted by Crippen LogP contribution is -2.26.